The Labute approximate surface area is 507 Å². The Morgan fingerprint density at radius 3 is 1.28 bits per heavy atom. The number of hydrogen-bond acceptors (Lipinski definition) is 16. The summed E-state index contributed by atoms with van der Waals surface area (Å²) in [6.07, 6.45) is 19.4. The summed E-state index contributed by atoms with van der Waals surface area (Å²) in [4.78, 5) is 135. The van der Waals surface area contributed by atoms with Crippen molar-refractivity contribution in [2.45, 2.75) is 217 Å². The number of amides is 7. The van der Waals surface area contributed by atoms with E-state index in [1.165, 1.54) is 75.5 Å². The predicted molar refractivity (Wildman–Crippen MR) is 316 cm³/mol. The van der Waals surface area contributed by atoms with E-state index in [-0.39, 0.29) is 122 Å². The molecular formula is C59H104N8O19. The average Bonchev–Trinajstić information content (AvgIpc) is 3.61. The Hall–Kier alpha value is -6.03. The van der Waals surface area contributed by atoms with Crippen LogP contribution in [0.2, 0.25) is 0 Å². The molecule has 0 saturated carbocycles. The van der Waals surface area contributed by atoms with E-state index >= 15 is 0 Å². The number of carboxylic acids is 4. The molecule has 27 nitrogen and oxygen atoms in total. The first-order valence-electron chi connectivity index (χ1n) is 31.1. The molecule has 1 saturated heterocycles. The topological polar surface area (TPSA) is 393 Å². The van der Waals surface area contributed by atoms with E-state index in [0.717, 1.165) is 25.2 Å². The van der Waals surface area contributed by atoms with Crippen LogP contribution in [0.1, 0.15) is 187 Å². The van der Waals surface area contributed by atoms with Crippen molar-refractivity contribution < 1.29 is 92.1 Å². The lowest BCUT2D eigenvalue weighted by Crippen LogP contribution is -2.49. The summed E-state index contributed by atoms with van der Waals surface area (Å²) in [5.74, 6) is -7.79. The molecule has 0 spiro atoms. The fourth-order valence-electron chi connectivity index (χ4n) is 9.43. The fourth-order valence-corrected chi connectivity index (χ4v) is 9.43. The van der Waals surface area contributed by atoms with E-state index in [0.29, 0.717) is 45.1 Å². The molecule has 86 heavy (non-hydrogen) atoms. The van der Waals surface area contributed by atoms with E-state index < -0.39 is 90.7 Å². The first-order valence-corrected chi connectivity index (χ1v) is 31.1. The first-order chi connectivity index (χ1) is 41.2. The van der Waals surface area contributed by atoms with Gasteiger partial charge in [-0.3, -0.25) is 33.6 Å². The van der Waals surface area contributed by atoms with Crippen molar-refractivity contribution in [2.75, 3.05) is 86.1 Å². The highest BCUT2D eigenvalue weighted by atomic mass is 16.5. The van der Waals surface area contributed by atoms with Gasteiger partial charge in [-0.2, -0.15) is 0 Å². The minimum absolute atomic E-state index is 0.0333. The number of likely N-dealkylation sites (tertiary alicyclic amines) is 1. The van der Waals surface area contributed by atoms with Crippen LogP contribution in [-0.2, 0) is 71.7 Å². The maximum atomic E-state index is 12.9. The first kappa shape index (κ1) is 78.0. The smallest absolute Gasteiger partial charge is 0.326 e. The van der Waals surface area contributed by atoms with Gasteiger partial charge in [0.1, 0.15) is 37.4 Å². The Morgan fingerprint density at radius 2 is 0.814 bits per heavy atom. The number of carbonyl (C=O) groups excluding carboxylic acids is 7. The second kappa shape index (κ2) is 50.0. The second-order valence-corrected chi connectivity index (χ2v) is 22.1. The summed E-state index contributed by atoms with van der Waals surface area (Å²) in [6, 6.07) is -5.54. The van der Waals surface area contributed by atoms with Crippen molar-refractivity contribution in [2.24, 2.45) is 5.92 Å². The Balaban J connectivity index is 2.08. The highest BCUT2D eigenvalue weighted by molar-refractivity contribution is 5.88. The lowest BCUT2D eigenvalue weighted by Gasteiger charge is -2.26. The van der Waals surface area contributed by atoms with Crippen molar-refractivity contribution in [3.8, 4) is 0 Å². The summed E-state index contributed by atoms with van der Waals surface area (Å²) >= 11 is 0. The van der Waals surface area contributed by atoms with Crippen molar-refractivity contribution in [3.63, 3.8) is 0 Å². The molecule has 494 valence electrons. The normalized spacial score (nSPS) is 14.4. The number of carboxylic acid groups (broad SMARTS) is 4. The Kier molecular flexibility index (Phi) is 45.4. The zero-order chi connectivity index (χ0) is 63.7. The molecule has 5 atom stereocenters. The number of nitrogens with zero attached hydrogens (tertiary/aromatic N) is 1. The van der Waals surface area contributed by atoms with Crippen LogP contribution in [0.15, 0.2) is 0 Å². The summed E-state index contributed by atoms with van der Waals surface area (Å²) in [7, 11) is 1.61. The SMILES string of the molecule is CNC(CCCCNC(=O)CCC(NC(=O)CCC(NC(=O)COCCOCCNC(=O)COCCOCCNC(=O)CCC(NC(=O)CCCCCCCCCCCCCCCCC(C)C)C(=O)O)C(=O)O)C(=O)O)C(=O)N1CCCC1C(=O)O. The van der Waals surface area contributed by atoms with E-state index in [9.17, 15) is 73.2 Å². The minimum atomic E-state index is -1.50. The number of hydrogen-bond donors (Lipinski definition) is 11. The molecule has 1 heterocycles. The number of aliphatic carboxylic acids is 4. The highest BCUT2D eigenvalue weighted by Gasteiger charge is 2.36. The molecule has 5 unspecified atom stereocenters. The molecule has 0 radical (unpaired) electrons. The number of nitrogens with one attached hydrogen (secondary N) is 7. The molecule has 1 aliphatic rings. The maximum Gasteiger partial charge on any atom is 0.326 e. The van der Waals surface area contributed by atoms with Gasteiger partial charge in [-0.15, -0.1) is 0 Å². The standard InChI is InChI=1S/C59H104N8O19/c1-43(2)21-16-14-12-10-8-6-4-5-7-9-11-13-15-17-24-51(70)64-45(56(75)76)26-29-50(69)62-32-35-83-37-39-85-41-53(72)63-33-36-84-38-40-86-42-54(73)66-47(58(79)80)27-30-52(71)65-46(57(77)78)25-28-49(68)61-31-19-18-22-44(60-3)55(74)67-34-20-23-48(67)59(81)82/h43-48,60H,4-42H2,1-3H3,(H,61,68)(H,62,69)(H,63,72)(H,64,70)(H,65,71)(H,66,73)(H,75,76)(H,77,78)(H,79,80)(H,81,82). The van der Waals surface area contributed by atoms with Gasteiger partial charge in [-0.05, 0) is 70.8 Å². The zero-order valence-electron chi connectivity index (χ0n) is 51.4. The van der Waals surface area contributed by atoms with Crippen LogP contribution < -0.4 is 37.2 Å². The molecule has 11 N–H and O–H groups in total. The Morgan fingerprint density at radius 1 is 0.419 bits per heavy atom. The van der Waals surface area contributed by atoms with Gasteiger partial charge >= 0.3 is 23.9 Å². The number of rotatable bonds is 56. The molecule has 0 aromatic carbocycles. The summed E-state index contributed by atoms with van der Waals surface area (Å²) in [6.45, 7) is 5.16. The molecule has 0 aromatic rings. The molecule has 0 aromatic heterocycles. The third kappa shape index (κ3) is 41.1. The van der Waals surface area contributed by atoms with Crippen molar-refractivity contribution in [1.82, 2.24) is 42.1 Å². The predicted octanol–water partition coefficient (Wildman–Crippen LogP) is 3.18. The monoisotopic (exact) mass is 1230 g/mol. The van der Waals surface area contributed by atoms with E-state index in [4.69, 9.17) is 18.9 Å². The molecule has 1 fully saturated rings. The minimum Gasteiger partial charge on any atom is -0.480 e. The van der Waals surface area contributed by atoms with Crippen LogP contribution in [-0.4, -0.2) is 207 Å². The van der Waals surface area contributed by atoms with Crippen LogP contribution in [0.4, 0.5) is 0 Å². The van der Waals surface area contributed by atoms with Gasteiger partial charge in [-0.1, -0.05) is 104 Å². The Bertz CT molecular complexity index is 2000. The van der Waals surface area contributed by atoms with Crippen molar-refractivity contribution >= 4 is 65.2 Å². The molecule has 1 aliphatic heterocycles. The van der Waals surface area contributed by atoms with Crippen LogP contribution in [0.3, 0.4) is 0 Å². The van der Waals surface area contributed by atoms with E-state index in [1.54, 1.807) is 7.05 Å². The van der Waals surface area contributed by atoms with Crippen LogP contribution in [0, 0.1) is 5.92 Å². The largest absolute Gasteiger partial charge is 0.480 e. The highest BCUT2D eigenvalue weighted by Crippen LogP contribution is 2.20. The van der Waals surface area contributed by atoms with Gasteiger partial charge in [0.05, 0.1) is 45.7 Å². The van der Waals surface area contributed by atoms with Gasteiger partial charge in [0.2, 0.25) is 41.4 Å². The molecule has 0 aliphatic carbocycles. The van der Waals surface area contributed by atoms with Crippen LogP contribution in [0.25, 0.3) is 0 Å². The average molecular weight is 1230 g/mol. The zero-order valence-corrected chi connectivity index (χ0v) is 51.4. The number of likely N-dealkylation sites (N-methyl/N-ethyl adjacent to an activating group) is 1. The fraction of sp³-hybridized carbons (Fsp3) is 0.814. The molecular weight excluding hydrogens is 1120 g/mol. The lowest BCUT2D eigenvalue weighted by molar-refractivity contribution is -0.149. The molecule has 7 amide bonds. The molecule has 1 rings (SSSR count). The summed E-state index contributed by atoms with van der Waals surface area (Å²) < 4.78 is 21.3. The number of carbonyl (C=O) groups is 11. The molecule has 27 heteroatoms. The number of ether oxygens (including phenoxy) is 4. The van der Waals surface area contributed by atoms with Gasteiger partial charge < -0.3 is 81.5 Å². The third-order valence-corrected chi connectivity index (χ3v) is 14.4. The van der Waals surface area contributed by atoms with Crippen molar-refractivity contribution in [1.29, 1.82) is 0 Å². The van der Waals surface area contributed by atoms with Gasteiger partial charge in [0.15, 0.2) is 0 Å². The second-order valence-electron chi connectivity index (χ2n) is 22.1. The maximum absolute atomic E-state index is 12.9. The third-order valence-electron chi connectivity index (χ3n) is 14.4. The summed E-state index contributed by atoms with van der Waals surface area (Å²) in [5, 5.41) is 56.0. The van der Waals surface area contributed by atoms with Crippen LogP contribution >= 0.6 is 0 Å². The summed E-state index contributed by atoms with van der Waals surface area (Å²) in [5.41, 5.74) is 0. The lowest BCUT2D eigenvalue weighted by atomic mass is 10.0. The van der Waals surface area contributed by atoms with Gasteiger partial charge in [0.25, 0.3) is 0 Å². The van der Waals surface area contributed by atoms with E-state index in [1.807, 2.05) is 0 Å². The quantitative estimate of drug-likeness (QED) is 0.0390. The van der Waals surface area contributed by atoms with Gasteiger partial charge in [0, 0.05) is 51.9 Å². The van der Waals surface area contributed by atoms with Crippen molar-refractivity contribution in [3.05, 3.63) is 0 Å². The number of unbranched alkanes of at least 4 members (excludes halogenated alkanes) is 14. The molecule has 0 bridgehead atoms. The van der Waals surface area contributed by atoms with Crippen LogP contribution in [0.5, 0.6) is 0 Å². The van der Waals surface area contributed by atoms with Gasteiger partial charge in [-0.25, -0.2) is 19.2 Å². The van der Waals surface area contributed by atoms with E-state index in [2.05, 4.69) is 51.1 Å².